The van der Waals surface area contributed by atoms with Crippen molar-refractivity contribution in [3.05, 3.63) is 46.0 Å². The molecule has 0 radical (unpaired) electrons. The zero-order chi connectivity index (χ0) is 16.7. The van der Waals surface area contributed by atoms with E-state index in [0.29, 0.717) is 36.9 Å². The molecule has 0 atom stereocenters. The van der Waals surface area contributed by atoms with E-state index in [1.807, 2.05) is 0 Å². The van der Waals surface area contributed by atoms with Crippen LogP contribution in [0.3, 0.4) is 0 Å². The summed E-state index contributed by atoms with van der Waals surface area (Å²) in [6.07, 6.45) is 0.832. The van der Waals surface area contributed by atoms with Gasteiger partial charge in [0.1, 0.15) is 12.4 Å². The Morgan fingerprint density at radius 1 is 1.21 bits per heavy atom. The van der Waals surface area contributed by atoms with Gasteiger partial charge in [0.2, 0.25) is 0 Å². The number of ether oxygens (including phenoxy) is 2. The largest absolute Gasteiger partial charge is 0.509 e. The second kappa shape index (κ2) is 5.59. The molecule has 2 aliphatic rings. The lowest BCUT2D eigenvalue weighted by atomic mass is 9.92. The van der Waals surface area contributed by atoms with Crippen LogP contribution in [0.25, 0.3) is 10.9 Å². The van der Waals surface area contributed by atoms with Crippen LogP contribution in [-0.2, 0) is 16.0 Å². The predicted octanol–water partition coefficient (Wildman–Crippen LogP) is 2.17. The van der Waals surface area contributed by atoms with E-state index >= 15 is 0 Å². The van der Waals surface area contributed by atoms with Gasteiger partial charge in [-0.25, -0.2) is 9.18 Å². The highest BCUT2D eigenvalue weighted by Crippen LogP contribution is 2.32. The fraction of sp³-hybridized carbons (Fsp3) is 0.412. The van der Waals surface area contributed by atoms with Gasteiger partial charge in [-0.3, -0.25) is 9.69 Å². The molecule has 126 valence electrons. The minimum absolute atomic E-state index is 0.190. The molecule has 2 fully saturated rings. The lowest BCUT2D eigenvalue weighted by molar-refractivity contribution is -0.00188. The number of H-pyrrole nitrogens is 1. The first-order valence-electron chi connectivity index (χ1n) is 7.93. The molecule has 2 aliphatic heterocycles. The van der Waals surface area contributed by atoms with E-state index in [1.54, 1.807) is 6.07 Å². The van der Waals surface area contributed by atoms with Crippen molar-refractivity contribution in [1.29, 1.82) is 0 Å². The van der Waals surface area contributed by atoms with Crippen LogP contribution in [0.2, 0.25) is 0 Å². The third kappa shape index (κ3) is 2.75. The molecule has 0 bridgehead atoms. The molecule has 0 saturated carbocycles. The van der Waals surface area contributed by atoms with E-state index in [4.69, 9.17) is 9.47 Å². The molecule has 2 saturated heterocycles. The van der Waals surface area contributed by atoms with Crippen molar-refractivity contribution in [1.82, 2.24) is 9.88 Å². The number of halogens is 1. The highest BCUT2D eigenvalue weighted by atomic mass is 19.1. The van der Waals surface area contributed by atoms with Crippen LogP contribution in [-0.4, -0.2) is 41.3 Å². The molecule has 3 heterocycles. The lowest BCUT2D eigenvalue weighted by Crippen LogP contribution is -2.45. The molecular weight excluding hydrogens is 315 g/mol. The smallest absolute Gasteiger partial charge is 0.430 e. The number of aromatic nitrogens is 1. The Labute approximate surface area is 137 Å². The summed E-state index contributed by atoms with van der Waals surface area (Å²) in [6.45, 7) is 2.41. The van der Waals surface area contributed by atoms with Crippen LogP contribution in [0, 0.1) is 5.82 Å². The second-order valence-corrected chi connectivity index (χ2v) is 6.45. The zero-order valence-electron chi connectivity index (χ0n) is 13.0. The maximum Gasteiger partial charge on any atom is 0.509 e. The van der Waals surface area contributed by atoms with Gasteiger partial charge in [-0.2, -0.15) is 0 Å². The van der Waals surface area contributed by atoms with Crippen LogP contribution in [0.15, 0.2) is 29.1 Å². The monoisotopic (exact) mass is 332 g/mol. The van der Waals surface area contributed by atoms with Gasteiger partial charge >= 0.3 is 6.16 Å². The highest BCUT2D eigenvalue weighted by molar-refractivity contribution is 5.78. The van der Waals surface area contributed by atoms with Crippen LogP contribution < -0.4 is 5.43 Å². The van der Waals surface area contributed by atoms with Crippen molar-refractivity contribution in [2.24, 2.45) is 0 Å². The van der Waals surface area contributed by atoms with Crippen LogP contribution >= 0.6 is 0 Å². The normalized spacial score (nSPS) is 20.3. The zero-order valence-corrected chi connectivity index (χ0v) is 13.0. The number of benzene rings is 1. The second-order valence-electron chi connectivity index (χ2n) is 6.45. The van der Waals surface area contributed by atoms with Crippen molar-refractivity contribution >= 4 is 17.1 Å². The first kappa shape index (κ1) is 15.1. The summed E-state index contributed by atoms with van der Waals surface area (Å²) < 4.78 is 23.5. The van der Waals surface area contributed by atoms with E-state index in [0.717, 1.165) is 18.8 Å². The molecule has 1 N–H and O–H groups in total. The first-order chi connectivity index (χ1) is 11.5. The SMILES string of the molecule is O=C1OCC2(CCN(Cc3cc(=O)c4cc(F)ccc4[nH]3)CC2)O1. The van der Waals surface area contributed by atoms with Crippen molar-refractivity contribution in [3.8, 4) is 0 Å². The maximum atomic E-state index is 13.3. The van der Waals surface area contributed by atoms with Crippen molar-refractivity contribution in [2.75, 3.05) is 19.7 Å². The average Bonchev–Trinajstić information content (AvgIpc) is 2.92. The van der Waals surface area contributed by atoms with Gasteiger partial charge in [-0.15, -0.1) is 0 Å². The Bertz CT molecular complexity index is 855. The van der Waals surface area contributed by atoms with Crippen LogP contribution in [0.1, 0.15) is 18.5 Å². The maximum absolute atomic E-state index is 13.3. The van der Waals surface area contributed by atoms with Crippen LogP contribution in [0.5, 0.6) is 0 Å². The summed E-state index contributed by atoms with van der Waals surface area (Å²) in [7, 11) is 0. The summed E-state index contributed by atoms with van der Waals surface area (Å²) in [5.74, 6) is -0.421. The summed E-state index contributed by atoms with van der Waals surface area (Å²) in [5.41, 5.74) is 0.743. The van der Waals surface area contributed by atoms with Crippen molar-refractivity contribution in [3.63, 3.8) is 0 Å². The Morgan fingerprint density at radius 3 is 2.71 bits per heavy atom. The highest BCUT2D eigenvalue weighted by Gasteiger charge is 2.44. The molecule has 1 aromatic carbocycles. The molecule has 0 aliphatic carbocycles. The molecule has 4 rings (SSSR count). The van der Waals surface area contributed by atoms with Gasteiger partial charge in [0.15, 0.2) is 11.0 Å². The minimum Gasteiger partial charge on any atom is -0.430 e. The number of nitrogens with one attached hydrogen (secondary N) is 1. The van der Waals surface area contributed by atoms with Crippen LogP contribution in [0.4, 0.5) is 9.18 Å². The topological polar surface area (TPSA) is 71.6 Å². The van der Waals surface area contributed by atoms with Gasteiger partial charge in [0, 0.05) is 55.1 Å². The first-order valence-corrected chi connectivity index (χ1v) is 7.93. The molecule has 0 unspecified atom stereocenters. The number of fused-ring (bicyclic) bond motifs is 1. The quantitative estimate of drug-likeness (QED) is 0.854. The Balaban J connectivity index is 1.48. The molecule has 6 nitrogen and oxygen atoms in total. The van der Waals surface area contributed by atoms with E-state index in [2.05, 4.69) is 9.88 Å². The van der Waals surface area contributed by atoms with Crippen molar-refractivity contribution < 1.29 is 18.7 Å². The standard InChI is InChI=1S/C17H17FN2O4/c18-11-1-2-14-13(7-11)15(21)8-12(19-14)9-20-5-3-17(4-6-20)10-23-16(22)24-17/h1-2,7-8H,3-6,9-10H2,(H,19,21). The molecule has 24 heavy (non-hydrogen) atoms. The van der Waals surface area contributed by atoms with E-state index < -0.39 is 17.6 Å². The summed E-state index contributed by atoms with van der Waals surface area (Å²) in [4.78, 5) is 28.7. The number of carbonyl (C=O) groups excluding carboxylic acids is 1. The molecule has 7 heteroatoms. The Morgan fingerprint density at radius 2 is 2.00 bits per heavy atom. The van der Waals surface area contributed by atoms with E-state index in [-0.39, 0.29) is 5.43 Å². The average molecular weight is 332 g/mol. The number of hydrogen-bond acceptors (Lipinski definition) is 5. The van der Waals surface area contributed by atoms with Gasteiger partial charge in [0.05, 0.1) is 0 Å². The predicted molar refractivity (Wildman–Crippen MR) is 84.2 cm³/mol. The number of piperidine rings is 1. The summed E-state index contributed by atoms with van der Waals surface area (Å²) in [6, 6.07) is 5.68. The summed E-state index contributed by atoms with van der Waals surface area (Å²) >= 11 is 0. The number of hydrogen-bond donors (Lipinski definition) is 1. The third-order valence-corrected chi connectivity index (χ3v) is 4.76. The van der Waals surface area contributed by atoms with E-state index in [1.165, 1.54) is 18.2 Å². The third-order valence-electron chi connectivity index (χ3n) is 4.76. The molecule has 1 aromatic heterocycles. The van der Waals surface area contributed by atoms with Gasteiger partial charge in [-0.05, 0) is 18.2 Å². The van der Waals surface area contributed by atoms with Crippen molar-refractivity contribution in [2.45, 2.75) is 25.0 Å². The van der Waals surface area contributed by atoms with E-state index in [9.17, 15) is 14.0 Å². The molecule has 0 amide bonds. The lowest BCUT2D eigenvalue weighted by Gasteiger charge is -2.36. The number of nitrogens with zero attached hydrogens (tertiary/aromatic N) is 1. The number of cyclic esters (lactones) is 1. The number of rotatable bonds is 2. The van der Waals surface area contributed by atoms with Gasteiger partial charge in [0.25, 0.3) is 0 Å². The molecule has 2 aromatic rings. The number of carbonyl (C=O) groups is 1. The Hall–Kier alpha value is -2.41. The van der Waals surface area contributed by atoms with Gasteiger partial charge in [-0.1, -0.05) is 0 Å². The fourth-order valence-corrected chi connectivity index (χ4v) is 3.39. The minimum atomic E-state index is -0.588. The molecule has 1 spiro atoms. The number of likely N-dealkylation sites (tertiary alicyclic amines) is 1. The Kier molecular flexibility index (Phi) is 3.53. The molecular formula is C17H17FN2O4. The number of aromatic amines is 1. The fourth-order valence-electron chi connectivity index (χ4n) is 3.39. The van der Waals surface area contributed by atoms with Gasteiger partial charge < -0.3 is 14.5 Å². The number of pyridine rings is 1. The summed E-state index contributed by atoms with van der Waals surface area (Å²) in [5, 5.41) is 0.353.